The zero-order valence-electron chi connectivity index (χ0n) is 12.4. The van der Waals surface area contributed by atoms with Crippen molar-refractivity contribution in [1.29, 1.82) is 0 Å². The molecule has 4 heteroatoms. The Bertz CT molecular complexity index is 482. The number of likely N-dealkylation sites (tertiary alicyclic amines) is 1. The second kappa shape index (κ2) is 6.56. The minimum atomic E-state index is -0.212. The van der Waals surface area contributed by atoms with E-state index in [9.17, 15) is 9.18 Å². The first-order chi connectivity index (χ1) is 10.2. The van der Waals surface area contributed by atoms with Crippen LogP contribution in [0, 0.1) is 11.7 Å². The number of rotatable bonds is 4. The summed E-state index contributed by atoms with van der Waals surface area (Å²) >= 11 is 0. The minimum absolute atomic E-state index is 0.136. The molecule has 114 valence electrons. The SMILES string of the molecule is O=C(CN1CCCCC1)C1CCN(c2ccc(F)cc2)C1. The number of halogens is 1. The fourth-order valence-corrected chi connectivity index (χ4v) is 3.38. The molecule has 0 saturated carbocycles. The normalized spacial score (nSPS) is 23.5. The largest absolute Gasteiger partial charge is 0.371 e. The third-order valence-corrected chi connectivity index (χ3v) is 4.66. The predicted octanol–water partition coefficient (Wildman–Crippen LogP) is 2.71. The lowest BCUT2D eigenvalue weighted by Gasteiger charge is -2.26. The Kier molecular flexibility index (Phi) is 4.54. The van der Waals surface area contributed by atoms with E-state index < -0.39 is 0 Å². The van der Waals surface area contributed by atoms with E-state index in [2.05, 4.69) is 9.80 Å². The van der Waals surface area contributed by atoms with E-state index >= 15 is 0 Å². The minimum Gasteiger partial charge on any atom is -0.371 e. The van der Waals surface area contributed by atoms with E-state index in [4.69, 9.17) is 0 Å². The zero-order valence-corrected chi connectivity index (χ0v) is 12.4. The van der Waals surface area contributed by atoms with E-state index in [-0.39, 0.29) is 11.7 Å². The highest BCUT2D eigenvalue weighted by Crippen LogP contribution is 2.25. The summed E-state index contributed by atoms with van der Waals surface area (Å²) in [6, 6.07) is 6.57. The van der Waals surface area contributed by atoms with E-state index in [1.807, 2.05) is 0 Å². The van der Waals surface area contributed by atoms with Crippen LogP contribution in [0.1, 0.15) is 25.7 Å². The van der Waals surface area contributed by atoms with Gasteiger partial charge in [0.05, 0.1) is 6.54 Å². The molecule has 1 aromatic rings. The maximum Gasteiger partial charge on any atom is 0.151 e. The van der Waals surface area contributed by atoms with Crippen molar-refractivity contribution in [3.63, 3.8) is 0 Å². The standard InChI is InChI=1S/C17H23FN2O/c18-15-4-6-16(7-5-15)20-11-8-14(12-20)17(21)13-19-9-2-1-3-10-19/h4-7,14H,1-3,8-13H2. The summed E-state index contributed by atoms with van der Waals surface area (Å²) in [5.74, 6) is 0.300. The van der Waals surface area contributed by atoms with Crippen molar-refractivity contribution in [3.05, 3.63) is 30.1 Å². The molecule has 2 heterocycles. The van der Waals surface area contributed by atoms with Gasteiger partial charge in [0.15, 0.2) is 5.78 Å². The van der Waals surface area contributed by atoms with Gasteiger partial charge in [0.1, 0.15) is 5.82 Å². The van der Waals surface area contributed by atoms with Crippen LogP contribution in [-0.2, 0) is 4.79 Å². The summed E-state index contributed by atoms with van der Waals surface area (Å²) in [5.41, 5.74) is 1.02. The number of hydrogen-bond donors (Lipinski definition) is 0. The summed E-state index contributed by atoms with van der Waals surface area (Å²) in [6.45, 7) is 4.42. The molecular formula is C17H23FN2O. The summed E-state index contributed by atoms with van der Waals surface area (Å²) in [5, 5.41) is 0. The number of anilines is 1. The average molecular weight is 290 g/mol. The summed E-state index contributed by atoms with van der Waals surface area (Å²) in [6.07, 6.45) is 4.66. The monoisotopic (exact) mass is 290 g/mol. The van der Waals surface area contributed by atoms with Crippen LogP contribution in [0.2, 0.25) is 0 Å². The van der Waals surface area contributed by atoms with Gasteiger partial charge in [-0.15, -0.1) is 0 Å². The maximum atomic E-state index is 13.0. The topological polar surface area (TPSA) is 23.6 Å². The Morgan fingerprint density at radius 3 is 2.52 bits per heavy atom. The van der Waals surface area contributed by atoms with Gasteiger partial charge in [0, 0.05) is 24.7 Å². The Hall–Kier alpha value is -1.42. The summed E-state index contributed by atoms with van der Waals surface area (Å²) < 4.78 is 13.0. The first-order valence-corrected chi connectivity index (χ1v) is 7.98. The first-order valence-electron chi connectivity index (χ1n) is 7.98. The fraction of sp³-hybridized carbons (Fsp3) is 0.588. The molecule has 2 aliphatic rings. The predicted molar refractivity (Wildman–Crippen MR) is 82.0 cm³/mol. The molecule has 1 unspecified atom stereocenters. The maximum absolute atomic E-state index is 13.0. The van der Waals surface area contributed by atoms with Crippen molar-refractivity contribution in [2.45, 2.75) is 25.7 Å². The van der Waals surface area contributed by atoms with Crippen LogP contribution in [-0.4, -0.2) is 43.4 Å². The number of piperidine rings is 1. The van der Waals surface area contributed by atoms with E-state index in [0.717, 1.165) is 38.3 Å². The molecule has 21 heavy (non-hydrogen) atoms. The highest BCUT2D eigenvalue weighted by atomic mass is 19.1. The van der Waals surface area contributed by atoms with Crippen LogP contribution < -0.4 is 4.90 Å². The molecule has 2 aliphatic heterocycles. The number of benzene rings is 1. The van der Waals surface area contributed by atoms with Gasteiger partial charge in [-0.25, -0.2) is 4.39 Å². The lowest BCUT2D eigenvalue weighted by molar-refractivity contribution is -0.123. The summed E-state index contributed by atoms with van der Waals surface area (Å²) in [7, 11) is 0. The third-order valence-electron chi connectivity index (χ3n) is 4.66. The number of carbonyl (C=O) groups excluding carboxylic acids is 1. The molecule has 1 aromatic carbocycles. The molecule has 3 rings (SSSR count). The fourth-order valence-electron chi connectivity index (χ4n) is 3.38. The Morgan fingerprint density at radius 1 is 1.10 bits per heavy atom. The van der Waals surface area contributed by atoms with Crippen molar-refractivity contribution >= 4 is 11.5 Å². The number of Topliss-reactive ketones (excluding diaryl/α,β-unsaturated/α-hetero) is 1. The van der Waals surface area contributed by atoms with Crippen LogP contribution in [0.3, 0.4) is 0 Å². The van der Waals surface area contributed by atoms with Gasteiger partial charge < -0.3 is 4.90 Å². The molecule has 0 N–H and O–H groups in total. The second-order valence-electron chi connectivity index (χ2n) is 6.21. The molecular weight excluding hydrogens is 267 g/mol. The van der Waals surface area contributed by atoms with Crippen LogP contribution >= 0.6 is 0 Å². The van der Waals surface area contributed by atoms with Crippen molar-refractivity contribution in [2.24, 2.45) is 5.92 Å². The molecule has 2 fully saturated rings. The van der Waals surface area contributed by atoms with Gasteiger partial charge in [-0.05, 0) is 56.6 Å². The van der Waals surface area contributed by atoms with Gasteiger partial charge in [0.25, 0.3) is 0 Å². The Labute approximate surface area is 125 Å². The Morgan fingerprint density at radius 2 is 1.81 bits per heavy atom. The quantitative estimate of drug-likeness (QED) is 0.852. The van der Waals surface area contributed by atoms with Crippen molar-refractivity contribution in [2.75, 3.05) is 37.6 Å². The van der Waals surface area contributed by atoms with Gasteiger partial charge >= 0.3 is 0 Å². The molecule has 0 bridgehead atoms. The first kappa shape index (κ1) is 14.5. The van der Waals surface area contributed by atoms with E-state index in [1.54, 1.807) is 12.1 Å². The summed E-state index contributed by atoms with van der Waals surface area (Å²) in [4.78, 5) is 16.9. The number of ketones is 1. The zero-order chi connectivity index (χ0) is 14.7. The average Bonchev–Trinajstić information content (AvgIpc) is 2.99. The van der Waals surface area contributed by atoms with Crippen molar-refractivity contribution in [1.82, 2.24) is 4.90 Å². The van der Waals surface area contributed by atoms with E-state index in [0.29, 0.717) is 12.3 Å². The highest BCUT2D eigenvalue weighted by Gasteiger charge is 2.29. The molecule has 1 atom stereocenters. The van der Waals surface area contributed by atoms with E-state index in [1.165, 1.54) is 31.4 Å². The molecule has 3 nitrogen and oxygen atoms in total. The van der Waals surface area contributed by atoms with Gasteiger partial charge in [-0.3, -0.25) is 9.69 Å². The molecule has 0 radical (unpaired) electrons. The van der Waals surface area contributed by atoms with Gasteiger partial charge in [-0.1, -0.05) is 6.42 Å². The van der Waals surface area contributed by atoms with Crippen LogP contribution in [0.15, 0.2) is 24.3 Å². The lowest BCUT2D eigenvalue weighted by atomic mass is 10.0. The van der Waals surface area contributed by atoms with Crippen LogP contribution in [0.5, 0.6) is 0 Å². The second-order valence-corrected chi connectivity index (χ2v) is 6.21. The molecule has 0 amide bonds. The van der Waals surface area contributed by atoms with Crippen LogP contribution in [0.25, 0.3) is 0 Å². The van der Waals surface area contributed by atoms with Crippen molar-refractivity contribution in [3.8, 4) is 0 Å². The van der Waals surface area contributed by atoms with Gasteiger partial charge in [-0.2, -0.15) is 0 Å². The molecule has 0 spiro atoms. The smallest absolute Gasteiger partial charge is 0.151 e. The molecule has 0 aliphatic carbocycles. The number of hydrogen-bond acceptors (Lipinski definition) is 3. The molecule has 2 saturated heterocycles. The highest BCUT2D eigenvalue weighted by molar-refractivity contribution is 5.84. The number of nitrogens with zero attached hydrogens (tertiary/aromatic N) is 2. The third kappa shape index (κ3) is 3.62. The van der Waals surface area contributed by atoms with Gasteiger partial charge in [0.2, 0.25) is 0 Å². The number of carbonyl (C=O) groups is 1. The molecule has 0 aromatic heterocycles. The lowest BCUT2D eigenvalue weighted by Crippen LogP contribution is -2.37. The van der Waals surface area contributed by atoms with Crippen molar-refractivity contribution < 1.29 is 9.18 Å². The Balaban J connectivity index is 1.53. The van der Waals surface area contributed by atoms with Crippen LogP contribution in [0.4, 0.5) is 10.1 Å².